The van der Waals surface area contributed by atoms with Crippen molar-refractivity contribution < 1.29 is 14.7 Å². The van der Waals surface area contributed by atoms with Crippen LogP contribution in [-0.2, 0) is 11.8 Å². The first-order valence-electron chi connectivity index (χ1n) is 8.06. The van der Waals surface area contributed by atoms with Crippen LogP contribution in [0.2, 0.25) is 0 Å². The molecule has 2 aromatic rings. The number of carbonyl (C=O) groups is 2. The number of hydrogen-bond acceptors (Lipinski definition) is 4. The van der Waals surface area contributed by atoms with Gasteiger partial charge in [0.25, 0.3) is 5.91 Å². The highest BCUT2D eigenvalue weighted by Gasteiger charge is 2.40. The second kappa shape index (κ2) is 5.58. The van der Waals surface area contributed by atoms with Crippen molar-refractivity contribution in [2.24, 2.45) is 12.5 Å². The molecule has 7 nitrogen and oxygen atoms in total. The molecule has 1 unspecified atom stereocenters. The van der Waals surface area contributed by atoms with Gasteiger partial charge in [-0.1, -0.05) is 0 Å². The lowest BCUT2D eigenvalue weighted by Gasteiger charge is -2.37. The van der Waals surface area contributed by atoms with Gasteiger partial charge in [-0.25, -0.2) is 4.98 Å². The first-order valence-corrected chi connectivity index (χ1v) is 8.06. The second-order valence-electron chi connectivity index (χ2n) is 6.91. The Kier molecular flexibility index (Phi) is 3.81. The van der Waals surface area contributed by atoms with E-state index in [0.29, 0.717) is 30.6 Å². The number of amides is 1. The van der Waals surface area contributed by atoms with Crippen LogP contribution in [0.1, 0.15) is 41.5 Å². The normalized spacial score (nSPS) is 21.2. The van der Waals surface area contributed by atoms with Crippen LogP contribution in [0.25, 0.3) is 11.0 Å². The molecule has 1 amide bonds. The Hall–Kier alpha value is -2.44. The van der Waals surface area contributed by atoms with Gasteiger partial charge in [-0.15, -0.1) is 0 Å². The standard InChI is InChI=1S/C17H22N4O3/c1-10-8-12(13-11(2)19-20(4)14(13)18-10)15(22)21-7-5-6-17(3,9-21)16(23)24/h8H,5-7,9H2,1-4H3,(H,23,24). The number of fused-ring (bicyclic) bond motifs is 1. The van der Waals surface area contributed by atoms with Crippen LogP contribution in [0.15, 0.2) is 6.07 Å². The highest BCUT2D eigenvalue weighted by molar-refractivity contribution is 6.06. The summed E-state index contributed by atoms with van der Waals surface area (Å²) in [4.78, 5) is 30.8. The molecule has 7 heteroatoms. The zero-order valence-electron chi connectivity index (χ0n) is 14.5. The van der Waals surface area contributed by atoms with Gasteiger partial charge < -0.3 is 10.0 Å². The zero-order chi connectivity index (χ0) is 17.6. The van der Waals surface area contributed by atoms with Crippen LogP contribution in [0.5, 0.6) is 0 Å². The molecule has 3 heterocycles. The third-order valence-electron chi connectivity index (χ3n) is 4.83. The highest BCUT2D eigenvalue weighted by Crippen LogP contribution is 2.31. The molecule has 1 aliphatic rings. The summed E-state index contributed by atoms with van der Waals surface area (Å²) in [7, 11) is 1.80. The van der Waals surface area contributed by atoms with Gasteiger partial charge in [0.05, 0.1) is 22.1 Å². The molecule has 2 aromatic heterocycles. The number of aryl methyl sites for hydroxylation is 3. The molecule has 0 aromatic carbocycles. The molecule has 1 aliphatic heterocycles. The maximum Gasteiger partial charge on any atom is 0.311 e. The van der Waals surface area contributed by atoms with Crippen molar-refractivity contribution in [1.29, 1.82) is 0 Å². The Labute approximate surface area is 140 Å². The summed E-state index contributed by atoms with van der Waals surface area (Å²) in [6.45, 7) is 6.20. The Morgan fingerprint density at radius 3 is 2.71 bits per heavy atom. The lowest BCUT2D eigenvalue weighted by atomic mass is 9.82. The molecule has 0 bridgehead atoms. The van der Waals surface area contributed by atoms with E-state index in [-0.39, 0.29) is 12.5 Å². The summed E-state index contributed by atoms with van der Waals surface area (Å²) in [6, 6.07) is 1.77. The Bertz CT molecular complexity index is 842. The van der Waals surface area contributed by atoms with Crippen LogP contribution in [0.4, 0.5) is 0 Å². The van der Waals surface area contributed by atoms with E-state index in [9.17, 15) is 14.7 Å². The molecule has 1 atom stereocenters. The van der Waals surface area contributed by atoms with E-state index in [1.807, 2.05) is 13.8 Å². The van der Waals surface area contributed by atoms with E-state index >= 15 is 0 Å². The number of pyridine rings is 1. The lowest BCUT2D eigenvalue weighted by Crippen LogP contribution is -2.48. The molecule has 128 valence electrons. The first-order chi connectivity index (χ1) is 11.2. The number of likely N-dealkylation sites (tertiary alicyclic amines) is 1. The monoisotopic (exact) mass is 330 g/mol. The minimum absolute atomic E-state index is 0.145. The number of hydrogen-bond donors (Lipinski definition) is 1. The molecule has 0 spiro atoms. The van der Waals surface area contributed by atoms with Gasteiger partial charge in [-0.2, -0.15) is 5.10 Å². The first kappa shape index (κ1) is 16.4. The van der Waals surface area contributed by atoms with E-state index in [4.69, 9.17) is 0 Å². The summed E-state index contributed by atoms with van der Waals surface area (Å²) < 4.78 is 1.67. The summed E-state index contributed by atoms with van der Waals surface area (Å²) in [6.07, 6.45) is 1.27. The van der Waals surface area contributed by atoms with E-state index in [2.05, 4.69) is 10.1 Å². The maximum absolute atomic E-state index is 13.1. The number of piperidine rings is 1. The molecule has 1 N–H and O–H groups in total. The van der Waals surface area contributed by atoms with E-state index in [1.54, 1.807) is 29.6 Å². The van der Waals surface area contributed by atoms with Gasteiger partial charge in [0.2, 0.25) is 0 Å². The van der Waals surface area contributed by atoms with Crippen molar-refractivity contribution in [3.8, 4) is 0 Å². The summed E-state index contributed by atoms with van der Waals surface area (Å²) in [5.74, 6) is -0.998. The molecular weight excluding hydrogens is 308 g/mol. The van der Waals surface area contributed by atoms with Gasteiger partial charge in [0, 0.05) is 25.8 Å². The quantitative estimate of drug-likeness (QED) is 0.909. The molecule has 0 aliphatic carbocycles. The fraction of sp³-hybridized carbons (Fsp3) is 0.529. The molecule has 1 saturated heterocycles. The van der Waals surface area contributed by atoms with Gasteiger partial charge >= 0.3 is 5.97 Å². The van der Waals surface area contributed by atoms with Crippen molar-refractivity contribution in [1.82, 2.24) is 19.7 Å². The molecule has 24 heavy (non-hydrogen) atoms. The number of carbonyl (C=O) groups excluding carboxylic acids is 1. The molecular formula is C17H22N4O3. The largest absolute Gasteiger partial charge is 0.481 e. The predicted molar refractivity (Wildman–Crippen MR) is 88.9 cm³/mol. The van der Waals surface area contributed by atoms with Crippen molar-refractivity contribution in [2.75, 3.05) is 13.1 Å². The molecule has 0 saturated carbocycles. The van der Waals surface area contributed by atoms with Crippen LogP contribution in [-0.4, -0.2) is 49.7 Å². The number of carboxylic acids is 1. The summed E-state index contributed by atoms with van der Waals surface area (Å²) in [5.41, 5.74) is 1.83. The van der Waals surface area contributed by atoms with Gasteiger partial charge in [-0.3, -0.25) is 14.3 Å². The number of nitrogens with zero attached hydrogens (tertiary/aromatic N) is 4. The van der Waals surface area contributed by atoms with Crippen molar-refractivity contribution in [3.05, 3.63) is 23.0 Å². The fourth-order valence-electron chi connectivity index (χ4n) is 3.50. The minimum atomic E-state index is -0.890. The topological polar surface area (TPSA) is 88.3 Å². The SMILES string of the molecule is Cc1cc(C(=O)N2CCCC(C)(C(=O)O)C2)c2c(C)nn(C)c2n1. The Balaban J connectivity index is 2.04. The summed E-state index contributed by atoms with van der Waals surface area (Å²) in [5, 5.41) is 14.6. The van der Waals surface area contributed by atoms with Crippen molar-refractivity contribution in [3.63, 3.8) is 0 Å². The van der Waals surface area contributed by atoms with Crippen LogP contribution in [0, 0.1) is 19.3 Å². The average Bonchev–Trinajstić information content (AvgIpc) is 2.80. The third kappa shape index (κ3) is 2.53. The number of rotatable bonds is 2. The zero-order valence-corrected chi connectivity index (χ0v) is 14.5. The molecule has 0 radical (unpaired) electrons. The van der Waals surface area contributed by atoms with Crippen LogP contribution >= 0.6 is 0 Å². The van der Waals surface area contributed by atoms with E-state index < -0.39 is 11.4 Å². The van der Waals surface area contributed by atoms with E-state index in [0.717, 1.165) is 16.8 Å². The summed E-state index contributed by atoms with van der Waals surface area (Å²) >= 11 is 0. The smallest absolute Gasteiger partial charge is 0.311 e. The fourth-order valence-corrected chi connectivity index (χ4v) is 3.50. The van der Waals surface area contributed by atoms with Crippen molar-refractivity contribution in [2.45, 2.75) is 33.6 Å². The van der Waals surface area contributed by atoms with Gasteiger partial charge in [0.15, 0.2) is 5.65 Å². The Morgan fingerprint density at radius 2 is 2.04 bits per heavy atom. The number of aliphatic carboxylic acids is 1. The number of aromatic nitrogens is 3. The lowest BCUT2D eigenvalue weighted by molar-refractivity contribution is -0.150. The molecule has 1 fully saturated rings. The Morgan fingerprint density at radius 1 is 1.33 bits per heavy atom. The van der Waals surface area contributed by atoms with E-state index in [1.165, 1.54) is 0 Å². The third-order valence-corrected chi connectivity index (χ3v) is 4.83. The predicted octanol–water partition coefficient (Wildman–Crippen LogP) is 1.91. The van der Waals surface area contributed by atoms with Gasteiger partial charge in [-0.05, 0) is 39.7 Å². The highest BCUT2D eigenvalue weighted by atomic mass is 16.4. The average molecular weight is 330 g/mol. The van der Waals surface area contributed by atoms with Crippen LogP contribution in [0.3, 0.4) is 0 Å². The number of carboxylic acid groups (broad SMARTS) is 1. The second-order valence-corrected chi connectivity index (χ2v) is 6.91. The molecule has 3 rings (SSSR count). The van der Waals surface area contributed by atoms with Gasteiger partial charge in [0.1, 0.15) is 0 Å². The van der Waals surface area contributed by atoms with Crippen LogP contribution < -0.4 is 0 Å². The maximum atomic E-state index is 13.1. The van der Waals surface area contributed by atoms with Crippen molar-refractivity contribution >= 4 is 22.9 Å². The minimum Gasteiger partial charge on any atom is -0.481 e.